The Morgan fingerprint density at radius 1 is 1.13 bits per heavy atom. The number of rotatable bonds is 4. The summed E-state index contributed by atoms with van der Waals surface area (Å²) in [5, 5.41) is 19.7. The monoisotopic (exact) mass is 409 g/mol. The van der Waals surface area contributed by atoms with Crippen molar-refractivity contribution < 1.29 is 13.2 Å². The lowest BCUT2D eigenvalue weighted by atomic mass is 9.98. The summed E-state index contributed by atoms with van der Waals surface area (Å²) in [6, 6.07) is 11.7. The molecule has 0 fully saturated rings. The van der Waals surface area contributed by atoms with Gasteiger partial charge in [-0.15, -0.1) is 0 Å². The van der Waals surface area contributed by atoms with Crippen molar-refractivity contribution in [1.82, 2.24) is 20.2 Å². The fourth-order valence-electron chi connectivity index (χ4n) is 3.07. The molecule has 0 atom stereocenters. The average molecular weight is 409 g/mol. The highest BCUT2D eigenvalue weighted by Crippen LogP contribution is 2.38. The number of pyridine rings is 2. The second-order valence-corrected chi connectivity index (χ2v) is 6.46. The molecule has 0 saturated carbocycles. The Kier molecular flexibility index (Phi) is 4.71. The lowest BCUT2D eigenvalue weighted by molar-refractivity contribution is -0.137. The Bertz CT molecular complexity index is 1270. The van der Waals surface area contributed by atoms with E-state index in [1.165, 1.54) is 30.5 Å². The van der Waals surface area contributed by atoms with Crippen LogP contribution in [0.1, 0.15) is 16.8 Å². The van der Waals surface area contributed by atoms with Gasteiger partial charge in [-0.05, 0) is 47.5 Å². The Morgan fingerprint density at radius 2 is 1.97 bits per heavy atom. The van der Waals surface area contributed by atoms with Gasteiger partial charge in [0.1, 0.15) is 11.6 Å². The molecule has 0 radical (unpaired) electrons. The van der Waals surface area contributed by atoms with Gasteiger partial charge in [0.15, 0.2) is 5.65 Å². The minimum Gasteiger partial charge on any atom is -0.384 e. The fraction of sp³-hybridized carbons (Fsp3) is 0.100. The molecule has 3 heterocycles. The quantitative estimate of drug-likeness (QED) is 0.467. The van der Waals surface area contributed by atoms with Crippen molar-refractivity contribution in [3.05, 3.63) is 65.5 Å². The molecule has 0 bridgehead atoms. The third-order valence-corrected chi connectivity index (χ3v) is 4.49. The summed E-state index contributed by atoms with van der Waals surface area (Å²) in [5.74, 6) is 0.738. The zero-order valence-corrected chi connectivity index (χ0v) is 15.3. The first-order valence-corrected chi connectivity index (χ1v) is 8.76. The van der Waals surface area contributed by atoms with E-state index in [1.54, 1.807) is 18.2 Å². The van der Waals surface area contributed by atoms with Crippen LogP contribution in [-0.4, -0.2) is 20.2 Å². The Hall–Kier alpha value is -4.13. The summed E-state index contributed by atoms with van der Waals surface area (Å²) in [4.78, 5) is 8.28. The summed E-state index contributed by atoms with van der Waals surface area (Å²) in [6.07, 6.45) is -3.17. The van der Waals surface area contributed by atoms with Gasteiger partial charge in [-0.25, -0.2) is 9.97 Å². The largest absolute Gasteiger partial charge is 0.417 e. The lowest BCUT2D eigenvalue weighted by Crippen LogP contribution is -2.08. The van der Waals surface area contributed by atoms with Crippen molar-refractivity contribution in [2.45, 2.75) is 12.7 Å². The number of aromatic nitrogens is 4. The molecule has 0 aliphatic heterocycles. The molecule has 4 N–H and O–H groups in total. The molecule has 7 nitrogen and oxygen atoms in total. The van der Waals surface area contributed by atoms with Crippen LogP contribution in [0.15, 0.2) is 48.7 Å². The number of anilines is 2. The number of alkyl halides is 3. The normalized spacial score (nSPS) is 11.4. The van der Waals surface area contributed by atoms with Crippen molar-refractivity contribution in [3.8, 4) is 17.2 Å². The molecule has 4 rings (SSSR count). The zero-order chi connectivity index (χ0) is 21.3. The van der Waals surface area contributed by atoms with Crippen LogP contribution < -0.4 is 11.1 Å². The predicted octanol–water partition coefficient (Wildman–Crippen LogP) is 4.10. The fourth-order valence-corrected chi connectivity index (χ4v) is 3.07. The first-order chi connectivity index (χ1) is 14.3. The number of benzene rings is 1. The average Bonchev–Trinajstić information content (AvgIpc) is 3.13. The van der Waals surface area contributed by atoms with Crippen LogP contribution in [0.5, 0.6) is 0 Å². The van der Waals surface area contributed by atoms with E-state index in [0.29, 0.717) is 29.4 Å². The second-order valence-electron chi connectivity index (χ2n) is 6.46. The highest BCUT2D eigenvalue weighted by Gasteiger charge is 2.34. The standard InChI is InChI=1S/C20H14F3N7/c21-20(22,23)15-7-11(9-24)1-2-13(15)12-5-6-26-18(8-12)27-10-16-14-3-4-17(25)28-19(14)30-29-16/h1-8H,10H2,(H,26,27)(H3,25,28,29,30). The predicted molar refractivity (Wildman–Crippen MR) is 105 cm³/mol. The van der Waals surface area contributed by atoms with Gasteiger partial charge in [0.05, 0.1) is 29.4 Å². The SMILES string of the molecule is N#Cc1ccc(-c2ccnc(NCc3[nH]nc4nc(N)ccc34)c2)c(C(F)(F)F)c1. The van der Waals surface area contributed by atoms with E-state index in [2.05, 4.69) is 25.5 Å². The molecular formula is C20H14F3N7. The van der Waals surface area contributed by atoms with Gasteiger partial charge in [0.2, 0.25) is 0 Å². The molecule has 3 aromatic heterocycles. The van der Waals surface area contributed by atoms with Gasteiger partial charge in [0, 0.05) is 11.6 Å². The molecule has 150 valence electrons. The number of aromatic amines is 1. The van der Waals surface area contributed by atoms with E-state index < -0.39 is 11.7 Å². The number of nitrogens with one attached hydrogen (secondary N) is 2. The summed E-state index contributed by atoms with van der Waals surface area (Å²) in [6.45, 7) is 0.304. The van der Waals surface area contributed by atoms with Gasteiger partial charge < -0.3 is 11.1 Å². The maximum absolute atomic E-state index is 13.5. The lowest BCUT2D eigenvalue weighted by Gasteiger charge is -2.14. The first kappa shape index (κ1) is 19.2. The van der Waals surface area contributed by atoms with Crippen LogP contribution in [0.2, 0.25) is 0 Å². The van der Waals surface area contributed by atoms with Crippen molar-refractivity contribution >= 4 is 22.7 Å². The summed E-state index contributed by atoms with van der Waals surface area (Å²) in [5.41, 5.74) is 6.22. The maximum atomic E-state index is 13.5. The molecule has 0 spiro atoms. The van der Waals surface area contributed by atoms with Crippen LogP contribution in [0.3, 0.4) is 0 Å². The van der Waals surface area contributed by atoms with Crippen LogP contribution in [0, 0.1) is 11.3 Å². The minimum atomic E-state index is -4.59. The molecule has 0 saturated heterocycles. The number of nitrogen functional groups attached to an aromatic ring is 1. The number of fused-ring (bicyclic) bond motifs is 1. The van der Waals surface area contributed by atoms with Crippen LogP contribution in [0.4, 0.5) is 24.8 Å². The number of hydrogen-bond donors (Lipinski definition) is 3. The molecular weight excluding hydrogens is 395 g/mol. The van der Waals surface area contributed by atoms with Crippen LogP contribution in [-0.2, 0) is 12.7 Å². The van der Waals surface area contributed by atoms with Gasteiger partial charge in [-0.1, -0.05) is 6.07 Å². The van der Waals surface area contributed by atoms with Crippen LogP contribution >= 0.6 is 0 Å². The van der Waals surface area contributed by atoms with E-state index in [9.17, 15) is 13.2 Å². The number of nitriles is 1. The number of nitrogens with zero attached hydrogens (tertiary/aromatic N) is 4. The molecule has 0 aliphatic rings. The van der Waals surface area contributed by atoms with Crippen molar-refractivity contribution in [1.29, 1.82) is 5.26 Å². The Balaban J connectivity index is 1.63. The summed E-state index contributed by atoms with van der Waals surface area (Å²) < 4.78 is 40.5. The van der Waals surface area contributed by atoms with Gasteiger partial charge >= 0.3 is 6.18 Å². The number of halogens is 3. The van der Waals surface area contributed by atoms with Crippen molar-refractivity contribution in [3.63, 3.8) is 0 Å². The third kappa shape index (κ3) is 3.73. The smallest absolute Gasteiger partial charge is 0.384 e. The van der Waals surface area contributed by atoms with Gasteiger partial charge in [-0.2, -0.15) is 23.5 Å². The summed E-state index contributed by atoms with van der Waals surface area (Å²) in [7, 11) is 0. The van der Waals surface area contributed by atoms with Gasteiger partial charge in [-0.3, -0.25) is 5.10 Å². The minimum absolute atomic E-state index is 0.0291. The first-order valence-electron chi connectivity index (χ1n) is 8.76. The van der Waals surface area contributed by atoms with E-state index in [4.69, 9.17) is 11.0 Å². The maximum Gasteiger partial charge on any atom is 0.417 e. The molecule has 1 aromatic carbocycles. The highest BCUT2D eigenvalue weighted by molar-refractivity contribution is 5.79. The molecule has 0 aliphatic carbocycles. The topological polar surface area (TPSA) is 116 Å². The molecule has 30 heavy (non-hydrogen) atoms. The zero-order valence-electron chi connectivity index (χ0n) is 15.3. The van der Waals surface area contributed by atoms with E-state index in [1.807, 2.05) is 0 Å². The van der Waals surface area contributed by atoms with E-state index >= 15 is 0 Å². The molecule has 4 aromatic rings. The second kappa shape index (κ2) is 7.36. The van der Waals surface area contributed by atoms with E-state index in [-0.39, 0.29) is 11.1 Å². The highest BCUT2D eigenvalue weighted by atomic mass is 19.4. The van der Waals surface area contributed by atoms with Gasteiger partial charge in [0.25, 0.3) is 0 Å². The van der Waals surface area contributed by atoms with Crippen molar-refractivity contribution in [2.24, 2.45) is 0 Å². The third-order valence-electron chi connectivity index (χ3n) is 4.49. The number of nitrogens with two attached hydrogens (primary N) is 1. The van der Waals surface area contributed by atoms with Crippen LogP contribution in [0.25, 0.3) is 22.2 Å². The number of H-pyrrole nitrogens is 1. The van der Waals surface area contributed by atoms with E-state index in [0.717, 1.165) is 17.1 Å². The molecule has 10 heteroatoms. The Morgan fingerprint density at radius 3 is 2.73 bits per heavy atom. The summed E-state index contributed by atoms with van der Waals surface area (Å²) >= 11 is 0. The Labute approximate surface area is 168 Å². The number of hydrogen-bond acceptors (Lipinski definition) is 6. The molecule has 0 amide bonds. The molecule has 0 unspecified atom stereocenters. The van der Waals surface area contributed by atoms with Crippen molar-refractivity contribution in [2.75, 3.05) is 11.1 Å².